The van der Waals surface area contributed by atoms with Crippen molar-refractivity contribution in [3.8, 4) is 5.75 Å². The molecule has 43 heavy (non-hydrogen) atoms. The highest BCUT2D eigenvalue weighted by Gasteiger charge is 2.35. The number of hydrogen-bond acceptors (Lipinski definition) is 5. The van der Waals surface area contributed by atoms with Crippen molar-refractivity contribution in [3.05, 3.63) is 125 Å². The van der Waals surface area contributed by atoms with E-state index in [4.69, 9.17) is 4.74 Å². The topological polar surface area (TPSA) is 96.0 Å². The Morgan fingerprint density at radius 1 is 0.814 bits per heavy atom. The van der Waals surface area contributed by atoms with Gasteiger partial charge < -0.3 is 15.0 Å². The number of amides is 2. The number of carbonyl (C=O) groups is 2. The average Bonchev–Trinajstić information content (AvgIpc) is 3.01. The molecular formula is C34H37N3O5S. The van der Waals surface area contributed by atoms with E-state index in [1.807, 2.05) is 68.4 Å². The molecule has 1 N–H and O–H groups in total. The Kier molecular flexibility index (Phi) is 10.2. The minimum absolute atomic E-state index is 0.0363. The summed E-state index contributed by atoms with van der Waals surface area (Å²) in [5, 5.41) is 2.70. The number of likely N-dealkylation sites (N-methyl/N-ethyl adjacent to an activating group) is 1. The lowest BCUT2D eigenvalue weighted by Crippen LogP contribution is -2.53. The zero-order valence-corrected chi connectivity index (χ0v) is 25.7. The van der Waals surface area contributed by atoms with Crippen LogP contribution in [0.2, 0.25) is 0 Å². The Morgan fingerprint density at radius 2 is 1.47 bits per heavy atom. The van der Waals surface area contributed by atoms with Crippen LogP contribution in [-0.4, -0.2) is 51.9 Å². The molecule has 224 valence electrons. The summed E-state index contributed by atoms with van der Waals surface area (Å²) in [6.07, 6.45) is 0.247. The second-order valence-corrected chi connectivity index (χ2v) is 12.2. The Hall–Kier alpha value is -4.63. The lowest BCUT2D eigenvalue weighted by Gasteiger charge is -2.34. The van der Waals surface area contributed by atoms with Crippen LogP contribution >= 0.6 is 0 Å². The third-order valence-electron chi connectivity index (χ3n) is 7.19. The van der Waals surface area contributed by atoms with Gasteiger partial charge in [-0.15, -0.1) is 0 Å². The molecule has 0 fully saturated rings. The summed E-state index contributed by atoms with van der Waals surface area (Å²) < 4.78 is 34.9. The predicted octanol–water partition coefficient (Wildman–Crippen LogP) is 4.89. The number of rotatable bonds is 12. The third-order valence-corrected chi connectivity index (χ3v) is 8.97. The van der Waals surface area contributed by atoms with Crippen molar-refractivity contribution in [1.29, 1.82) is 0 Å². The van der Waals surface area contributed by atoms with E-state index in [2.05, 4.69) is 5.32 Å². The van der Waals surface area contributed by atoms with Gasteiger partial charge in [-0.1, -0.05) is 90.0 Å². The third kappa shape index (κ3) is 7.61. The van der Waals surface area contributed by atoms with Crippen molar-refractivity contribution < 1.29 is 22.7 Å². The predicted molar refractivity (Wildman–Crippen MR) is 168 cm³/mol. The second-order valence-electron chi connectivity index (χ2n) is 10.3. The van der Waals surface area contributed by atoms with E-state index >= 15 is 0 Å². The lowest BCUT2D eigenvalue weighted by molar-refractivity contribution is -0.139. The molecule has 0 aromatic heterocycles. The summed E-state index contributed by atoms with van der Waals surface area (Å²) >= 11 is 0. The molecule has 1 atom stereocenters. The zero-order valence-electron chi connectivity index (χ0n) is 24.9. The minimum atomic E-state index is -4.22. The Morgan fingerprint density at radius 3 is 2.12 bits per heavy atom. The quantitative estimate of drug-likeness (QED) is 0.250. The van der Waals surface area contributed by atoms with Gasteiger partial charge in [0.15, 0.2) is 0 Å². The second kappa shape index (κ2) is 14.0. The number of hydrogen-bond donors (Lipinski definition) is 1. The molecule has 4 aromatic carbocycles. The molecule has 8 nitrogen and oxygen atoms in total. The van der Waals surface area contributed by atoms with E-state index in [0.717, 1.165) is 26.6 Å². The fraction of sp³-hybridized carbons (Fsp3) is 0.235. The Labute approximate surface area is 254 Å². The molecule has 4 rings (SSSR count). The van der Waals surface area contributed by atoms with Gasteiger partial charge in [-0.2, -0.15) is 0 Å². The summed E-state index contributed by atoms with van der Waals surface area (Å²) in [6.45, 7) is 3.38. The Balaban J connectivity index is 1.81. The lowest BCUT2D eigenvalue weighted by atomic mass is 10.0. The van der Waals surface area contributed by atoms with Crippen molar-refractivity contribution >= 4 is 27.5 Å². The first-order valence-electron chi connectivity index (χ1n) is 14.0. The number of sulfonamides is 1. The van der Waals surface area contributed by atoms with Crippen molar-refractivity contribution in [2.75, 3.05) is 25.0 Å². The summed E-state index contributed by atoms with van der Waals surface area (Å²) in [4.78, 5) is 29.3. The summed E-state index contributed by atoms with van der Waals surface area (Å²) in [6, 6.07) is 29.3. The highest BCUT2D eigenvalue weighted by Crippen LogP contribution is 2.32. The zero-order chi connectivity index (χ0) is 31.0. The van der Waals surface area contributed by atoms with Crippen LogP contribution in [0.5, 0.6) is 5.75 Å². The maximum atomic E-state index is 14.4. The van der Waals surface area contributed by atoms with Crippen LogP contribution in [0.25, 0.3) is 0 Å². The van der Waals surface area contributed by atoms with Gasteiger partial charge in [0.25, 0.3) is 10.0 Å². The van der Waals surface area contributed by atoms with Crippen LogP contribution in [0.3, 0.4) is 0 Å². The molecule has 9 heteroatoms. The van der Waals surface area contributed by atoms with Gasteiger partial charge in [-0.05, 0) is 49.2 Å². The van der Waals surface area contributed by atoms with E-state index in [1.54, 1.807) is 36.4 Å². The van der Waals surface area contributed by atoms with Gasteiger partial charge in [-0.3, -0.25) is 13.9 Å². The molecule has 4 aromatic rings. The highest BCUT2D eigenvalue weighted by molar-refractivity contribution is 7.92. The van der Waals surface area contributed by atoms with Gasteiger partial charge in [-0.25, -0.2) is 8.42 Å². The maximum absolute atomic E-state index is 14.4. The van der Waals surface area contributed by atoms with Crippen LogP contribution in [0.1, 0.15) is 22.3 Å². The molecule has 1 unspecified atom stereocenters. The van der Waals surface area contributed by atoms with Gasteiger partial charge >= 0.3 is 0 Å². The number of nitrogens with zero attached hydrogens (tertiary/aromatic N) is 2. The largest absolute Gasteiger partial charge is 0.495 e. The van der Waals surface area contributed by atoms with Crippen molar-refractivity contribution in [2.45, 2.75) is 37.8 Å². The van der Waals surface area contributed by atoms with Crippen LogP contribution in [0.15, 0.2) is 108 Å². The number of para-hydroxylation sites is 2. The van der Waals surface area contributed by atoms with Crippen LogP contribution in [-0.2, 0) is 32.6 Å². The van der Waals surface area contributed by atoms with Gasteiger partial charge in [0.05, 0.1) is 17.7 Å². The van der Waals surface area contributed by atoms with Gasteiger partial charge in [0.1, 0.15) is 18.3 Å². The number of benzene rings is 4. The van der Waals surface area contributed by atoms with Crippen LogP contribution in [0, 0.1) is 13.8 Å². The molecule has 0 saturated carbocycles. The summed E-state index contributed by atoms with van der Waals surface area (Å²) in [5.74, 6) is -0.592. The van der Waals surface area contributed by atoms with E-state index in [0.29, 0.717) is 5.75 Å². The molecule has 0 saturated heterocycles. The molecule has 0 aliphatic rings. The highest BCUT2D eigenvalue weighted by atomic mass is 32.2. The van der Waals surface area contributed by atoms with Crippen LogP contribution in [0.4, 0.5) is 5.69 Å². The maximum Gasteiger partial charge on any atom is 0.264 e. The molecule has 0 aliphatic heterocycles. The fourth-order valence-corrected chi connectivity index (χ4v) is 6.34. The first-order valence-corrected chi connectivity index (χ1v) is 15.4. The van der Waals surface area contributed by atoms with Crippen molar-refractivity contribution in [1.82, 2.24) is 10.2 Å². The fourth-order valence-electron chi connectivity index (χ4n) is 4.91. The molecule has 0 aliphatic carbocycles. The standard InChI is InChI=1S/C34H37N3O5S/c1-25-17-19-29(20-18-25)43(40,41)37(30-15-8-9-16-32(30)42-4)24-33(38)36(23-28-14-10-11-26(2)21-28)31(34(39)35-3)22-27-12-6-5-7-13-27/h5-21,31H,22-24H2,1-4H3,(H,35,39). The van der Waals surface area contributed by atoms with E-state index < -0.39 is 28.5 Å². The summed E-state index contributed by atoms with van der Waals surface area (Å²) in [7, 11) is -1.24. The normalized spacial score (nSPS) is 11.8. The first kappa shape index (κ1) is 31.3. The number of carbonyl (C=O) groups excluding carboxylic acids is 2. The Bertz CT molecular complexity index is 1660. The minimum Gasteiger partial charge on any atom is -0.495 e. The molecule has 2 amide bonds. The van der Waals surface area contributed by atoms with Crippen LogP contribution < -0.4 is 14.4 Å². The number of ether oxygens (including phenoxy) is 1. The van der Waals surface area contributed by atoms with Gasteiger partial charge in [0.2, 0.25) is 11.8 Å². The molecule has 0 spiro atoms. The van der Waals surface area contributed by atoms with Crippen molar-refractivity contribution in [2.24, 2.45) is 0 Å². The van der Waals surface area contributed by atoms with E-state index in [1.165, 1.54) is 31.2 Å². The monoisotopic (exact) mass is 599 g/mol. The smallest absolute Gasteiger partial charge is 0.264 e. The molecular weight excluding hydrogens is 562 g/mol. The summed E-state index contributed by atoms with van der Waals surface area (Å²) in [5.41, 5.74) is 3.81. The molecule has 0 bridgehead atoms. The molecule has 0 heterocycles. The number of anilines is 1. The van der Waals surface area contributed by atoms with E-state index in [-0.39, 0.29) is 29.5 Å². The number of methoxy groups -OCH3 is 1. The SMILES string of the molecule is CNC(=O)C(Cc1ccccc1)N(Cc1cccc(C)c1)C(=O)CN(c1ccccc1OC)S(=O)(=O)c1ccc(C)cc1. The van der Waals surface area contributed by atoms with Gasteiger partial charge in [0, 0.05) is 20.0 Å². The number of nitrogens with one attached hydrogen (secondary N) is 1. The van der Waals surface area contributed by atoms with E-state index in [9.17, 15) is 18.0 Å². The number of aryl methyl sites for hydroxylation is 2. The average molecular weight is 600 g/mol. The van der Waals surface area contributed by atoms with Crippen molar-refractivity contribution in [3.63, 3.8) is 0 Å². The molecule has 0 radical (unpaired) electrons. The first-order chi connectivity index (χ1) is 20.6.